The highest BCUT2D eigenvalue weighted by molar-refractivity contribution is 5.96. The molecular weight excluding hydrogens is 268 g/mol. The Hall–Kier alpha value is -2.75. The summed E-state index contributed by atoms with van der Waals surface area (Å²) in [5.74, 6) is 0.00586. The third kappa shape index (κ3) is 2.74. The first-order valence-corrected chi connectivity index (χ1v) is 6.61. The monoisotopic (exact) mass is 282 g/mol. The number of aliphatic carboxylic acids is 1. The first-order chi connectivity index (χ1) is 10.3. The molecule has 0 aromatic heterocycles. The molecule has 0 spiro atoms. The van der Waals surface area contributed by atoms with Gasteiger partial charge in [0.2, 0.25) is 0 Å². The molecule has 4 heteroatoms. The van der Waals surface area contributed by atoms with Crippen LogP contribution in [0.2, 0.25) is 0 Å². The second-order valence-corrected chi connectivity index (χ2v) is 4.67. The number of para-hydroxylation sites is 1. The van der Waals surface area contributed by atoms with Crippen molar-refractivity contribution in [3.8, 4) is 5.75 Å². The van der Waals surface area contributed by atoms with Crippen LogP contribution in [0.15, 0.2) is 60.2 Å². The molecule has 0 fully saturated rings. The van der Waals surface area contributed by atoms with Gasteiger partial charge in [0.1, 0.15) is 30.3 Å². The highest BCUT2D eigenvalue weighted by Crippen LogP contribution is 2.34. The molecule has 1 aliphatic heterocycles. The van der Waals surface area contributed by atoms with E-state index in [0.29, 0.717) is 23.7 Å². The zero-order chi connectivity index (χ0) is 14.7. The molecule has 0 saturated heterocycles. The fourth-order valence-electron chi connectivity index (χ4n) is 2.21. The maximum atomic E-state index is 11.4. The van der Waals surface area contributed by atoms with Crippen LogP contribution in [-0.4, -0.2) is 17.7 Å². The molecule has 3 rings (SSSR count). The second kappa shape index (κ2) is 5.71. The van der Waals surface area contributed by atoms with Crippen LogP contribution in [0.1, 0.15) is 11.1 Å². The van der Waals surface area contributed by atoms with E-state index in [1.807, 2.05) is 42.5 Å². The average Bonchev–Trinajstić information content (AvgIpc) is 2.53. The van der Waals surface area contributed by atoms with E-state index in [1.54, 1.807) is 12.1 Å². The first kappa shape index (κ1) is 13.2. The van der Waals surface area contributed by atoms with Crippen molar-refractivity contribution in [2.24, 2.45) is 0 Å². The van der Waals surface area contributed by atoms with Crippen molar-refractivity contribution in [3.63, 3.8) is 0 Å². The number of hydrogen-bond acceptors (Lipinski definition) is 3. The maximum Gasteiger partial charge on any atom is 0.338 e. The number of carbonyl (C=O) groups is 1. The Labute approximate surface area is 122 Å². The molecule has 0 atom stereocenters. The highest BCUT2D eigenvalue weighted by Gasteiger charge is 2.25. The van der Waals surface area contributed by atoms with Crippen LogP contribution in [0, 0.1) is 0 Å². The van der Waals surface area contributed by atoms with Gasteiger partial charge in [-0.1, -0.05) is 42.5 Å². The Morgan fingerprint density at radius 1 is 1.10 bits per heavy atom. The van der Waals surface area contributed by atoms with E-state index < -0.39 is 5.97 Å². The molecule has 1 N–H and O–H groups in total. The Bertz CT molecular complexity index is 689. The van der Waals surface area contributed by atoms with Gasteiger partial charge in [-0.25, -0.2) is 4.79 Å². The van der Waals surface area contributed by atoms with Gasteiger partial charge in [0.05, 0.1) is 5.56 Å². The summed E-state index contributed by atoms with van der Waals surface area (Å²) in [6, 6.07) is 16.9. The summed E-state index contributed by atoms with van der Waals surface area (Å²) in [6.45, 7) is 0.331. The SMILES string of the molecule is O=C(O)C1=C(OCc2ccccc2)c2ccccc2OC1. The van der Waals surface area contributed by atoms with E-state index in [0.717, 1.165) is 5.56 Å². The van der Waals surface area contributed by atoms with E-state index in [9.17, 15) is 9.90 Å². The van der Waals surface area contributed by atoms with Crippen LogP contribution in [-0.2, 0) is 16.1 Å². The number of ether oxygens (including phenoxy) is 2. The molecule has 0 amide bonds. The van der Waals surface area contributed by atoms with Crippen molar-refractivity contribution in [1.82, 2.24) is 0 Å². The lowest BCUT2D eigenvalue weighted by Crippen LogP contribution is -2.19. The summed E-state index contributed by atoms with van der Waals surface area (Å²) in [5, 5.41) is 9.31. The number of rotatable bonds is 4. The van der Waals surface area contributed by atoms with Crippen molar-refractivity contribution >= 4 is 11.7 Å². The van der Waals surface area contributed by atoms with Gasteiger partial charge >= 0.3 is 5.97 Å². The predicted octanol–water partition coefficient (Wildman–Crippen LogP) is 3.09. The molecule has 0 radical (unpaired) electrons. The first-order valence-electron chi connectivity index (χ1n) is 6.61. The lowest BCUT2D eigenvalue weighted by Gasteiger charge is -2.22. The zero-order valence-electron chi connectivity index (χ0n) is 11.3. The number of hydrogen-bond donors (Lipinski definition) is 1. The minimum atomic E-state index is -1.02. The predicted molar refractivity (Wildman–Crippen MR) is 77.7 cm³/mol. The smallest absolute Gasteiger partial charge is 0.338 e. The summed E-state index contributed by atoms with van der Waals surface area (Å²) in [5.41, 5.74) is 1.81. The van der Waals surface area contributed by atoms with Gasteiger partial charge in [0.15, 0.2) is 0 Å². The van der Waals surface area contributed by atoms with Crippen molar-refractivity contribution < 1.29 is 19.4 Å². The Kier molecular flexibility index (Phi) is 3.60. The van der Waals surface area contributed by atoms with E-state index in [-0.39, 0.29) is 12.2 Å². The zero-order valence-corrected chi connectivity index (χ0v) is 11.3. The lowest BCUT2D eigenvalue weighted by atomic mass is 10.1. The minimum absolute atomic E-state index is 0.0104. The Morgan fingerprint density at radius 2 is 1.81 bits per heavy atom. The molecule has 2 aromatic rings. The van der Waals surface area contributed by atoms with Gasteiger partial charge in [0.25, 0.3) is 0 Å². The lowest BCUT2D eigenvalue weighted by molar-refractivity contribution is -0.133. The van der Waals surface area contributed by atoms with E-state index in [1.165, 1.54) is 0 Å². The van der Waals surface area contributed by atoms with E-state index in [4.69, 9.17) is 9.47 Å². The van der Waals surface area contributed by atoms with Crippen LogP contribution in [0.4, 0.5) is 0 Å². The van der Waals surface area contributed by atoms with Gasteiger partial charge in [-0.05, 0) is 17.7 Å². The number of benzene rings is 2. The Balaban J connectivity index is 1.93. The van der Waals surface area contributed by atoms with Gasteiger partial charge in [0, 0.05) is 0 Å². The minimum Gasteiger partial charge on any atom is -0.488 e. The van der Waals surface area contributed by atoms with Crippen molar-refractivity contribution in [3.05, 3.63) is 71.3 Å². The summed E-state index contributed by atoms with van der Waals surface area (Å²) in [7, 11) is 0. The van der Waals surface area contributed by atoms with Crippen LogP contribution >= 0.6 is 0 Å². The molecule has 0 aliphatic carbocycles. The summed E-state index contributed by atoms with van der Waals surface area (Å²) < 4.78 is 11.2. The van der Waals surface area contributed by atoms with Crippen molar-refractivity contribution in [2.45, 2.75) is 6.61 Å². The highest BCUT2D eigenvalue weighted by atomic mass is 16.5. The summed E-state index contributed by atoms with van der Waals surface area (Å²) >= 11 is 0. The molecule has 1 aliphatic rings. The molecule has 1 heterocycles. The number of carboxylic acids is 1. The molecule has 2 aromatic carbocycles. The largest absolute Gasteiger partial charge is 0.488 e. The van der Waals surface area contributed by atoms with E-state index >= 15 is 0 Å². The fraction of sp³-hybridized carbons (Fsp3) is 0.118. The summed E-state index contributed by atoms with van der Waals surface area (Å²) in [4.78, 5) is 11.4. The third-order valence-electron chi connectivity index (χ3n) is 3.26. The van der Waals surface area contributed by atoms with Crippen LogP contribution < -0.4 is 4.74 Å². The maximum absolute atomic E-state index is 11.4. The quantitative estimate of drug-likeness (QED) is 0.936. The van der Waals surface area contributed by atoms with Crippen LogP contribution in [0.25, 0.3) is 5.76 Å². The Morgan fingerprint density at radius 3 is 2.57 bits per heavy atom. The molecular formula is C17H14O4. The van der Waals surface area contributed by atoms with Crippen LogP contribution in [0.3, 0.4) is 0 Å². The number of fused-ring (bicyclic) bond motifs is 1. The van der Waals surface area contributed by atoms with E-state index in [2.05, 4.69) is 0 Å². The molecule has 0 saturated carbocycles. The molecule has 0 bridgehead atoms. The molecule has 21 heavy (non-hydrogen) atoms. The average molecular weight is 282 g/mol. The van der Waals surface area contributed by atoms with Gasteiger partial charge in [-0.15, -0.1) is 0 Å². The molecule has 106 valence electrons. The molecule has 4 nitrogen and oxygen atoms in total. The summed E-state index contributed by atoms with van der Waals surface area (Å²) in [6.07, 6.45) is 0. The van der Waals surface area contributed by atoms with Crippen molar-refractivity contribution in [2.75, 3.05) is 6.61 Å². The second-order valence-electron chi connectivity index (χ2n) is 4.67. The number of carboxylic acid groups (broad SMARTS) is 1. The van der Waals surface area contributed by atoms with Gasteiger partial charge < -0.3 is 14.6 Å². The third-order valence-corrected chi connectivity index (χ3v) is 3.26. The van der Waals surface area contributed by atoms with Gasteiger partial charge in [-0.3, -0.25) is 0 Å². The topological polar surface area (TPSA) is 55.8 Å². The standard InChI is InChI=1S/C17H14O4/c18-17(19)14-11-20-15-9-5-4-8-13(15)16(14)21-10-12-6-2-1-3-7-12/h1-9H,10-11H2,(H,18,19). The fourth-order valence-corrected chi connectivity index (χ4v) is 2.21. The van der Waals surface area contributed by atoms with Crippen LogP contribution in [0.5, 0.6) is 5.75 Å². The van der Waals surface area contributed by atoms with Gasteiger partial charge in [-0.2, -0.15) is 0 Å². The normalized spacial score (nSPS) is 13.3. The molecule has 0 unspecified atom stereocenters. The van der Waals surface area contributed by atoms with Crippen molar-refractivity contribution in [1.29, 1.82) is 0 Å².